The molecule has 29 heavy (non-hydrogen) atoms. The number of hydrogen-bond acceptors (Lipinski definition) is 4. The predicted molar refractivity (Wildman–Crippen MR) is 118 cm³/mol. The Morgan fingerprint density at radius 1 is 1.14 bits per heavy atom. The summed E-state index contributed by atoms with van der Waals surface area (Å²) >= 11 is 0. The maximum absolute atomic E-state index is 10.8. The summed E-state index contributed by atoms with van der Waals surface area (Å²) < 4.78 is 0. The summed E-state index contributed by atoms with van der Waals surface area (Å²) in [6.45, 7) is 1.65. The van der Waals surface area contributed by atoms with Crippen molar-refractivity contribution in [1.29, 1.82) is 0 Å². The number of carbonyl (C=O) groups excluding carboxylic acids is 1. The maximum atomic E-state index is 10.8. The van der Waals surface area contributed by atoms with Crippen molar-refractivity contribution in [3.63, 3.8) is 0 Å². The average Bonchev–Trinajstić information content (AvgIpc) is 3.57. The second kappa shape index (κ2) is 7.36. The van der Waals surface area contributed by atoms with E-state index < -0.39 is 0 Å². The largest absolute Gasteiger partial charge is 0.374 e. The molecule has 2 aliphatic rings. The number of aldehydes is 1. The molecule has 0 amide bonds. The molecule has 1 aliphatic carbocycles. The number of pyridine rings is 1. The molecule has 2 atom stereocenters. The number of anilines is 1. The molecule has 3 aromatic rings. The zero-order valence-corrected chi connectivity index (χ0v) is 16.7. The fourth-order valence-corrected chi connectivity index (χ4v) is 4.44. The maximum Gasteiger partial charge on any atom is 0.121 e. The minimum absolute atomic E-state index is 0.491. The minimum Gasteiger partial charge on any atom is -0.374 e. The first-order chi connectivity index (χ1) is 14.2. The van der Waals surface area contributed by atoms with E-state index in [1.54, 1.807) is 0 Å². The van der Waals surface area contributed by atoms with Crippen LogP contribution < -0.4 is 4.90 Å². The van der Waals surface area contributed by atoms with Gasteiger partial charge >= 0.3 is 0 Å². The molecule has 0 N–H and O–H groups in total. The lowest BCUT2D eigenvalue weighted by Crippen LogP contribution is -2.27. The summed E-state index contributed by atoms with van der Waals surface area (Å²) in [5.41, 5.74) is 6.12. The third-order valence-corrected chi connectivity index (χ3v) is 6.15. The Kier molecular flexibility index (Phi) is 4.55. The van der Waals surface area contributed by atoms with Crippen molar-refractivity contribution in [1.82, 2.24) is 9.88 Å². The average molecular weight is 383 g/mol. The van der Waals surface area contributed by atoms with Crippen LogP contribution in [0, 0.1) is 0 Å². The predicted octanol–water partition coefficient (Wildman–Crippen LogP) is 4.60. The lowest BCUT2D eigenvalue weighted by atomic mass is 10.0. The summed E-state index contributed by atoms with van der Waals surface area (Å²) in [6.07, 6.45) is 7.15. The van der Waals surface area contributed by atoms with E-state index in [1.165, 1.54) is 27.9 Å². The lowest BCUT2D eigenvalue weighted by molar-refractivity contribution is -0.107. The van der Waals surface area contributed by atoms with Gasteiger partial charge in [-0.05, 0) is 36.3 Å². The quantitative estimate of drug-likeness (QED) is 0.583. The van der Waals surface area contributed by atoms with Gasteiger partial charge in [0.1, 0.15) is 6.29 Å². The van der Waals surface area contributed by atoms with Gasteiger partial charge in [0.15, 0.2) is 0 Å². The second-order valence-electron chi connectivity index (χ2n) is 8.05. The molecule has 2 unspecified atom stereocenters. The van der Waals surface area contributed by atoms with Crippen molar-refractivity contribution in [2.24, 2.45) is 0 Å². The van der Waals surface area contributed by atoms with Crippen LogP contribution in [0.2, 0.25) is 0 Å². The van der Waals surface area contributed by atoms with E-state index >= 15 is 0 Å². The highest BCUT2D eigenvalue weighted by molar-refractivity contribution is 5.78. The molecule has 2 aromatic carbocycles. The van der Waals surface area contributed by atoms with Crippen LogP contribution in [-0.4, -0.2) is 35.8 Å². The zero-order chi connectivity index (χ0) is 19.8. The van der Waals surface area contributed by atoms with Crippen LogP contribution in [0.25, 0.3) is 17.0 Å². The van der Waals surface area contributed by atoms with E-state index in [4.69, 9.17) is 4.98 Å². The smallest absolute Gasteiger partial charge is 0.121 e. The van der Waals surface area contributed by atoms with Crippen LogP contribution in [-0.2, 0) is 11.3 Å². The number of nitrogens with zero attached hydrogens (tertiary/aromatic N) is 3. The highest BCUT2D eigenvalue weighted by Gasteiger charge is 2.43. The molecule has 0 radical (unpaired) electrons. The van der Waals surface area contributed by atoms with Gasteiger partial charge in [-0.25, -0.2) is 0 Å². The number of aromatic nitrogens is 1. The number of rotatable bonds is 6. The molecule has 0 bridgehead atoms. The number of hydrogen-bond donors (Lipinski definition) is 0. The highest BCUT2D eigenvalue weighted by atomic mass is 16.1. The molecule has 0 saturated heterocycles. The molecule has 1 saturated carbocycles. The van der Waals surface area contributed by atoms with Crippen LogP contribution in [0.4, 0.5) is 5.69 Å². The van der Waals surface area contributed by atoms with Gasteiger partial charge in [-0.3, -0.25) is 4.98 Å². The van der Waals surface area contributed by atoms with Gasteiger partial charge in [-0.15, -0.1) is 0 Å². The van der Waals surface area contributed by atoms with Crippen molar-refractivity contribution < 1.29 is 4.79 Å². The SMILES string of the molecule is CN(CCC=O)c1cccc2c1CN(C1CC1c1ccc3ccccc3n1)C=C2. The van der Waals surface area contributed by atoms with Gasteiger partial charge in [-0.2, -0.15) is 0 Å². The molecule has 1 aromatic heterocycles. The number of benzene rings is 2. The molecule has 146 valence electrons. The number of para-hydroxylation sites is 1. The first-order valence-electron chi connectivity index (χ1n) is 10.3. The normalized spacial score (nSPS) is 19.8. The first-order valence-corrected chi connectivity index (χ1v) is 10.3. The highest BCUT2D eigenvalue weighted by Crippen LogP contribution is 2.46. The molecule has 2 heterocycles. The van der Waals surface area contributed by atoms with Crippen LogP contribution in [0.15, 0.2) is 60.8 Å². The van der Waals surface area contributed by atoms with Crippen molar-refractivity contribution in [3.8, 4) is 0 Å². The molecule has 5 rings (SSSR count). The standard InChI is InChI=1S/C25H25N3O/c1-27(13-5-15-29)24-9-4-7-18-12-14-28(17-21(18)24)25-16-20(25)23-11-10-19-6-2-3-8-22(19)26-23/h2-4,6-12,14-15,20,25H,5,13,16-17H2,1H3. The van der Waals surface area contributed by atoms with Crippen molar-refractivity contribution in [2.45, 2.75) is 31.3 Å². The Hall–Kier alpha value is -3.14. The van der Waals surface area contributed by atoms with E-state index in [-0.39, 0.29) is 0 Å². The third-order valence-electron chi connectivity index (χ3n) is 6.15. The first kappa shape index (κ1) is 17.9. The Morgan fingerprint density at radius 3 is 2.93 bits per heavy atom. The van der Waals surface area contributed by atoms with E-state index in [9.17, 15) is 4.79 Å². The van der Waals surface area contributed by atoms with Crippen LogP contribution in [0.3, 0.4) is 0 Å². The van der Waals surface area contributed by atoms with Gasteiger partial charge in [0.2, 0.25) is 0 Å². The minimum atomic E-state index is 0.491. The summed E-state index contributed by atoms with van der Waals surface area (Å²) in [7, 11) is 2.07. The topological polar surface area (TPSA) is 36.4 Å². The molecule has 4 nitrogen and oxygen atoms in total. The van der Waals surface area contributed by atoms with E-state index in [1.807, 2.05) is 0 Å². The van der Waals surface area contributed by atoms with Gasteiger partial charge in [0.25, 0.3) is 0 Å². The van der Waals surface area contributed by atoms with Crippen LogP contribution >= 0.6 is 0 Å². The van der Waals surface area contributed by atoms with Gasteiger partial charge in [0.05, 0.1) is 5.52 Å². The fraction of sp³-hybridized carbons (Fsp3) is 0.280. The second-order valence-corrected chi connectivity index (χ2v) is 8.05. The fourth-order valence-electron chi connectivity index (χ4n) is 4.44. The third kappa shape index (κ3) is 3.39. The Bertz CT molecular complexity index is 1090. The lowest BCUT2D eigenvalue weighted by Gasteiger charge is -2.30. The summed E-state index contributed by atoms with van der Waals surface area (Å²) in [5, 5.41) is 1.20. The molecular weight excluding hydrogens is 358 g/mol. The van der Waals surface area contributed by atoms with Gasteiger partial charge in [0, 0.05) is 67.0 Å². The van der Waals surface area contributed by atoms with Crippen molar-refractivity contribution in [2.75, 3.05) is 18.5 Å². The summed E-state index contributed by atoms with van der Waals surface area (Å²) in [6, 6.07) is 19.6. The van der Waals surface area contributed by atoms with Crippen LogP contribution in [0.1, 0.15) is 35.6 Å². The molecular formula is C25H25N3O. The van der Waals surface area contributed by atoms with Crippen molar-refractivity contribution >= 4 is 29.0 Å². The molecule has 4 heteroatoms. The van der Waals surface area contributed by atoms with Gasteiger partial charge < -0.3 is 14.6 Å². The zero-order valence-electron chi connectivity index (χ0n) is 16.7. The number of fused-ring (bicyclic) bond motifs is 2. The van der Waals surface area contributed by atoms with E-state index in [0.717, 1.165) is 31.3 Å². The molecule has 0 spiro atoms. The Morgan fingerprint density at radius 2 is 2.03 bits per heavy atom. The molecule has 1 fully saturated rings. The molecule has 1 aliphatic heterocycles. The van der Waals surface area contributed by atoms with E-state index in [0.29, 0.717) is 18.4 Å². The number of carbonyl (C=O) groups is 1. The van der Waals surface area contributed by atoms with Crippen molar-refractivity contribution in [3.05, 3.63) is 77.6 Å². The summed E-state index contributed by atoms with van der Waals surface area (Å²) in [5.74, 6) is 0.491. The Labute approximate surface area is 171 Å². The monoisotopic (exact) mass is 383 g/mol. The van der Waals surface area contributed by atoms with E-state index in [2.05, 4.69) is 83.7 Å². The summed E-state index contributed by atoms with van der Waals surface area (Å²) in [4.78, 5) is 20.3. The van der Waals surface area contributed by atoms with Crippen LogP contribution in [0.5, 0.6) is 0 Å². The van der Waals surface area contributed by atoms with Gasteiger partial charge in [-0.1, -0.05) is 36.4 Å². The Balaban J connectivity index is 1.35.